The van der Waals surface area contributed by atoms with E-state index in [1.807, 2.05) is 31.2 Å². The molecule has 0 aliphatic heterocycles. The number of aromatic nitrogens is 1. The van der Waals surface area contributed by atoms with Crippen molar-refractivity contribution in [2.24, 2.45) is 0 Å². The molecule has 0 amide bonds. The third-order valence-electron chi connectivity index (χ3n) is 4.63. The Hall–Kier alpha value is -1.90. The van der Waals surface area contributed by atoms with Gasteiger partial charge in [-0.3, -0.25) is 9.78 Å². The third-order valence-corrected chi connectivity index (χ3v) is 4.63. The Morgan fingerprint density at radius 1 is 1.20 bits per heavy atom. The fourth-order valence-electron chi connectivity index (χ4n) is 3.39. The third kappa shape index (κ3) is 1.98. The molecule has 1 aliphatic carbocycles. The summed E-state index contributed by atoms with van der Waals surface area (Å²) in [5.74, 6) is -0.682. The second-order valence-electron chi connectivity index (χ2n) is 5.78. The minimum atomic E-state index is -0.700. The Kier molecular flexibility index (Phi) is 3.20. The number of hydrogen-bond donors (Lipinski definition) is 1. The Labute approximate surface area is 118 Å². The Morgan fingerprint density at radius 2 is 1.95 bits per heavy atom. The molecular weight excluding hydrogens is 250 g/mol. The minimum Gasteiger partial charge on any atom is -0.481 e. The van der Waals surface area contributed by atoms with Gasteiger partial charge in [0.15, 0.2) is 0 Å². The number of hydrogen-bond acceptors (Lipinski definition) is 2. The van der Waals surface area contributed by atoms with E-state index < -0.39 is 11.4 Å². The highest BCUT2D eigenvalue weighted by Gasteiger charge is 2.41. The first-order valence-electron chi connectivity index (χ1n) is 7.23. The number of aryl methyl sites for hydroxylation is 1. The van der Waals surface area contributed by atoms with Crippen molar-refractivity contribution in [2.45, 2.75) is 44.4 Å². The molecule has 3 rings (SSSR count). The molecule has 104 valence electrons. The van der Waals surface area contributed by atoms with Crippen LogP contribution in [0.2, 0.25) is 0 Å². The van der Waals surface area contributed by atoms with Gasteiger partial charge in [0.25, 0.3) is 0 Å². The monoisotopic (exact) mass is 269 g/mol. The van der Waals surface area contributed by atoms with Gasteiger partial charge in [-0.15, -0.1) is 0 Å². The molecule has 0 radical (unpaired) electrons. The summed E-state index contributed by atoms with van der Waals surface area (Å²) in [6.45, 7) is 1.97. The summed E-state index contributed by atoms with van der Waals surface area (Å²) in [7, 11) is 0. The molecule has 1 aromatic carbocycles. The van der Waals surface area contributed by atoms with Crippen molar-refractivity contribution in [3.63, 3.8) is 0 Å². The topological polar surface area (TPSA) is 50.2 Å². The average Bonchev–Trinajstić information content (AvgIpc) is 2.48. The lowest BCUT2D eigenvalue weighted by Gasteiger charge is -2.33. The number of nitrogens with zero attached hydrogens (tertiary/aromatic N) is 1. The molecule has 3 nitrogen and oxygen atoms in total. The molecule has 1 N–H and O–H groups in total. The second kappa shape index (κ2) is 4.89. The van der Waals surface area contributed by atoms with E-state index in [2.05, 4.69) is 4.98 Å². The molecule has 2 aromatic rings. The predicted molar refractivity (Wildman–Crippen MR) is 78.9 cm³/mol. The Bertz CT molecular complexity index is 657. The van der Waals surface area contributed by atoms with Gasteiger partial charge in [0.2, 0.25) is 0 Å². The summed E-state index contributed by atoms with van der Waals surface area (Å²) in [6.07, 6.45) is 6.42. The molecule has 1 fully saturated rings. The molecule has 1 heterocycles. The van der Waals surface area contributed by atoms with Gasteiger partial charge >= 0.3 is 5.97 Å². The van der Waals surface area contributed by atoms with Crippen molar-refractivity contribution in [3.05, 3.63) is 41.7 Å². The zero-order chi connectivity index (χ0) is 14.2. The van der Waals surface area contributed by atoms with E-state index in [0.29, 0.717) is 0 Å². The van der Waals surface area contributed by atoms with Crippen molar-refractivity contribution < 1.29 is 9.90 Å². The molecule has 0 bridgehead atoms. The smallest absolute Gasteiger partial charge is 0.314 e. The van der Waals surface area contributed by atoms with Crippen LogP contribution < -0.4 is 0 Å². The first-order chi connectivity index (χ1) is 9.63. The lowest BCUT2D eigenvalue weighted by molar-refractivity contribution is -0.145. The van der Waals surface area contributed by atoms with Crippen molar-refractivity contribution >= 4 is 16.7 Å². The molecule has 3 heteroatoms. The van der Waals surface area contributed by atoms with Crippen LogP contribution in [0.1, 0.15) is 43.4 Å². The highest BCUT2D eigenvalue weighted by molar-refractivity contribution is 5.88. The lowest BCUT2D eigenvalue weighted by Crippen LogP contribution is -2.37. The normalized spacial score (nSPS) is 18.1. The van der Waals surface area contributed by atoms with Crippen molar-refractivity contribution in [3.8, 4) is 0 Å². The molecule has 1 aromatic heterocycles. The van der Waals surface area contributed by atoms with Gasteiger partial charge in [-0.1, -0.05) is 31.4 Å². The van der Waals surface area contributed by atoms with Crippen LogP contribution in [0, 0.1) is 6.92 Å². The molecule has 0 saturated heterocycles. The molecular formula is C17H19NO2. The van der Waals surface area contributed by atoms with Gasteiger partial charge < -0.3 is 5.11 Å². The largest absolute Gasteiger partial charge is 0.481 e. The van der Waals surface area contributed by atoms with E-state index in [0.717, 1.165) is 54.1 Å². The van der Waals surface area contributed by atoms with Gasteiger partial charge in [0, 0.05) is 17.3 Å². The molecule has 20 heavy (non-hydrogen) atoms. The van der Waals surface area contributed by atoms with E-state index in [1.165, 1.54) is 0 Å². The first-order valence-corrected chi connectivity index (χ1v) is 7.23. The number of rotatable bonds is 2. The number of benzene rings is 1. The predicted octanol–water partition coefficient (Wildman–Crippen LogP) is 3.83. The van der Waals surface area contributed by atoms with Crippen LogP contribution >= 0.6 is 0 Å². The van der Waals surface area contributed by atoms with Gasteiger partial charge in [-0.2, -0.15) is 0 Å². The van der Waals surface area contributed by atoms with Crippen LogP contribution in [-0.2, 0) is 10.2 Å². The maximum Gasteiger partial charge on any atom is 0.314 e. The number of pyridine rings is 1. The molecule has 0 atom stereocenters. The number of aliphatic carboxylic acids is 1. The summed E-state index contributed by atoms with van der Waals surface area (Å²) in [5.41, 5.74) is 1.20. The maximum atomic E-state index is 11.9. The number of carbonyl (C=O) groups is 1. The summed E-state index contributed by atoms with van der Waals surface area (Å²) in [4.78, 5) is 16.2. The number of carboxylic acids is 1. The summed E-state index contributed by atoms with van der Waals surface area (Å²) < 4.78 is 0. The van der Waals surface area contributed by atoms with Crippen molar-refractivity contribution in [1.29, 1.82) is 0 Å². The molecule has 1 aliphatic rings. The molecule has 1 saturated carbocycles. The minimum absolute atomic E-state index is 0.682. The van der Waals surface area contributed by atoms with Crippen LogP contribution in [-0.4, -0.2) is 16.1 Å². The van der Waals surface area contributed by atoms with E-state index in [9.17, 15) is 9.90 Å². The quantitative estimate of drug-likeness (QED) is 0.901. The number of carboxylic acid groups (broad SMARTS) is 1. The van der Waals surface area contributed by atoms with Crippen LogP contribution in [0.5, 0.6) is 0 Å². The fourth-order valence-corrected chi connectivity index (χ4v) is 3.39. The molecule has 0 spiro atoms. The SMILES string of the molecule is Cc1nccc2ccc(C3(C(=O)O)CCCCC3)cc12. The summed E-state index contributed by atoms with van der Waals surface area (Å²) in [5, 5.41) is 12.0. The maximum absolute atomic E-state index is 11.9. The summed E-state index contributed by atoms with van der Waals surface area (Å²) in [6, 6.07) is 8.03. The standard InChI is InChI=1S/C17H19NO2/c1-12-15-11-14(6-5-13(15)7-10-18-12)17(16(19)20)8-3-2-4-9-17/h5-7,10-11H,2-4,8-9H2,1H3,(H,19,20). The molecule has 0 unspecified atom stereocenters. The van der Waals surface area contributed by atoms with Crippen LogP contribution in [0.15, 0.2) is 30.5 Å². The highest BCUT2D eigenvalue weighted by Crippen LogP contribution is 2.40. The van der Waals surface area contributed by atoms with Crippen molar-refractivity contribution in [2.75, 3.05) is 0 Å². The van der Waals surface area contributed by atoms with Gasteiger partial charge in [-0.25, -0.2) is 0 Å². The Balaban J connectivity index is 2.16. The lowest BCUT2D eigenvalue weighted by atomic mass is 9.69. The van der Waals surface area contributed by atoms with E-state index in [4.69, 9.17) is 0 Å². The Morgan fingerprint density at radius 3 is 2.65 bits per heavy atom. The van der Waals surface area contributed by atoms with Gasteiger partial charge in [0.1, 0.15) is 0 Å². The highest BCUT2D eigenvalue weighted by atomic mass is 16.4. The second-order valence-corrected chi connectivity index (χ2v) is 5.78. The zero-order valence-corrected chi connectivity index (χ0v) is 11.7. The zero-order valence-electron chi connectivity index (χ0n) is 11.7. The van der Waals surface area contributed by atoms with Gasteiger partial charge in [-0.05, 0) is 42.8 Å². The van der Waals surface area contributed by atoms with E-state index >= 15 is 0 Å². The number of fused-ring (bicyclic) bond motifs is 1. The van der Waals surface area contributed by atoms with E-state index in [-0.39, 0.29) is 0 Å². The fraction of sp³-hybridized carbons (Fsp3) is 0.412. The van der Waals surface area contributed by atoms with Crippen molar-refractivity contribution in [1.82, 2.24) is 4.98 Å². The van der Waals surface area contributed by atoms with Gasteiger partial charge in [0.05, 0.1) is 5.41 Å². The van der Waals surface area contributed by atoms with E-state index in [1.54, 1.807) is 6.20 Å². The first kappa shape index (κ1) is 13.1. The van der Waals surface area contributed by atoms with Crippen LogP contribution in [0.4, 0.5) is 0 Å². The summed E-state index contributed by atoms with van der Waals surface area (Å²) >= 11 is 0. The average molecular weight is 269 g/mol. The van der Waals surface area contributed by atoms with Crippen LogP contribution in [0.25, 0.3) is 10.8 Å². The van der Waals surface area contributed by atoms with Crippen LogP contribution in [0.3, 0.4) is 0 Å².